The van der Waals surface area contributed by atoms with E-state index in [1.165, 1.54) is 0 Å². The summed E-state index contributed by atoms with van der Waals surface area (Å²) in [5.41, 5.74) is 6.42. The van der Waals surface area contributed by atoms with Gasteiger partial charge in [-0.25, -0.2) is 4.39 Å². The number of rotatable bonds is 7. The van der Waals surface area contributed by atoms with Gasteiger partial charge in [0.05, 0.1) is 0 Å². The van der Waals surface area contributed by atoms with Crippen molar-refractivity contribution in [2.24, 2.45) is 5.73 Å². The number of thioether (sulfide) groups is 1. The number of methoxy groups -OCH3 is 1. The van der Waals surface area contributed by atoms with E-state index >= 15 is 0 Å². The molecular formula is C12H18FNOS. The summed E-state index contributed by atoms with van der Waals surface area (Å²) in [5.74, 6) is 0.763. The minimum absolute atomic E-state index is 0.180. The lowest BCUT2D eigenvalue weighted by Crippen LogP contribution is -2.03. The van der Waals surface area contributed by atoms with Gasteiger partial charge in [-0.1, -0.05) is 0 Å². The minimum atomic E-state index is -0.180. The van der Waals surface area contributed by atoms with E-state index in [2.05, 4.69) is 0 Å². The van der Waals surface area contributed by atoms with Crippen LogP contribution < -0.4 is 5.73 Å². The maximum Gasteiger partial charge on any atom is 0.124 e. The van der Waals surface area contributed by atoms with E-state index in [9.17, 15) is 4.39 Å². The molecule has 0 aliphatic heterocycles. The first-order valence-electron chi connectivity index (χ1n) is 5.37. The predicted octanol–water partition coefficient (Wildman–Crippen LogP) is 2.46. The van der Waals surface area contributed by atoms with Crippen LogP contribution in [0.1, 0.15) is 12.0 Å². The second-order valence-electron chi connectivity index (χ2n) is 3.53. The smallest absolute Gasteiger partial charge is 0.124 e. The summed E-state index contributed by atoms with van der Waals surface area (Å²) >= 11 is 1.65. The highest BCUT2D eigenvalue weighted by atomic mass is 32.2. The van der Waals surface area contributed by atoms with E-state index in [0.717, 1.165) is 35.7 Å². The van der Waals surface area contributed by atoms with Crippen molar-refractivity contribution >= 4 is 11.8 Å². The van der Waals surface area contributed by atoms with Crippen molar-refractivity contribution in [2.75, 3.05) is 26.0 Å². The first-order chi connectivity index (χ1) is 7.76. The number of hydrogen-bond acceptors (Lipinski definition) is 3. The molecule has 0 aromatic heterocycles. The second kappa shape index (κ2) is 7.65. The number of hydrogen-bond donors (Lipinski definition) is 1. The number of halogens is 1. The molecule has 0 aliphatic rings. The average molecular weight is 243 g/mol. The highest BCUT2D eigenvalue weighted by molar-refractivity contribution is 7.99. The monoisotopic (exact) mass is 243 g/mol. The van der Waals surface area contributed by atoms with Gasteiger partial charge < -0.3 is 10.5 Å². The molecule has 0 saturated heterocycles. The fourth-order valence-electron chi connectivity index (χ4n) is 1.41. The van der Waals surface area contributed by atoms with E-state index in [1.54, 1.807) is 31.0 Å². The Balaban J connectivity index is 2.51. The van der Waals surface area contributed by atoms with Gasteiger partial charge in [0.15, 0.2) is 0 Å². The maximum atomic E-state index is 13.2. The maximum absolute atomic E-state index is 13.2. The van der Waals surface area contributed by atoms with Crippen molar-refractivity contribution in [1.82, 2.24) is 0 Å². The Morgan fingerprint density at radius 1 is 1.38 bits per heavy atom. The van der Waals surface area contributed by atoms with Crippen molar-refractivity contribution in [3.63, 3.8) is 0 Å². The Kier molecular flexibility index (Phi) is 6.45. The third-order valence-corrected chi connectivity index (χ3v) is 3.19. The van der Waals surface area contributed by atoms with Crippen LogP contribution in [0.3, 0.4) is 0 Å². The van der Waals surface area contributed by atoms with Crippen molar-refractivity contribution < 1.29 is 9.13 Å². The van der Waals surface area contributed by atoms with Gasteiger partial charge in [-0.3, -0.25) is 0 Å². The van der Waals surface area contributed by atoms with Crippen LogP contribution >= 0.6 is 11.8 Å². The lowest BCUT2D eigenvalue weighted by Gasteiger charge is -2.05. The minimum Gasteiger partial charge on any atom is -0.385 e. The third-order valence-electron chi connectivity index (χ3n) is 2.13. The Bertz CT molecular complexity index is 320. The molecule has 1 aromatic carbocycles. The molecule has 0 atom stereocenters. The number of nitrogens with two attached hydrogens (primary N) is 1. The topological polar surface area (TPSA) is 35.2 Å². The summed E-state index contributed by atoms with van der Waals surface area (Å²) in [5, 5.41) is 0. The molecule has 2 nitrogen and oxygen atoms in total. The molecule has 0 bridgehead atoms. The standard InChI is InChI=1S/C12H18FNOS/c1-15-5-2-6-16-12-8-10(3-4-14)7-11(13)9-12/h7-9H,2-6,14H2,1H3. The van der Waals surface area contributed by atoms with Crippen LogP contribution in [0.2, 0.25) is 0 Å². The fourth-order valence-corrected chi connectivity index (χ4v) is 2.34. The zero-order valence-electron chi connectivity index (χ0n) is 9.54. The third kappa shape index (κ3) is 4.96. The lowest BCUT2D eigenvalue weighted by molar-refractivity contribution is 0.200. The molecule has 0 spiro atoms. The Morgan fingerprint density at radius 2 is 2.19 bits per heavy atom. The Morgan fingerprint density at radius 3 is 2.88 bits per heavy atom. The van der Waals surface area contributed by atoms with Crippen molar-refractivity contribution in [3.8, 4) is 0 Å². The van der Waals surface area contributed by atoms with Gasteiger partial charge in [0.1, 0.15) is 5.82 Å². The predicted molar refractivity (Wildman–Crippen MR) is 66.4 cm³/mol. The second-order valence-corrected chi connectivity index (χ2v) is 4.70. The molecule has 2 N–H and O–H groups in total. The number of ether oxygens (including phenoxy) is 1. The fraction of sp³-hybridized carbons (Fsp3) is 0.500. The zero-order valence-corrected chi connectivity index (χ0v) is 10.4. The summed E-state index contributed by atoms with van der Waals surface area (Å²) < 4.78 is 18.2. The SMILES string of the molecule is COCCCSc1cc(F)cc(CCN)c1. The van der Waals surface area contributed by atoms with E-state index in [1.807, 2.05) is 6.07 Å². The summed E-state index contributed by atoms with van der Waals surface area (Å²) in [7, 11) is 1.69. The molecule has 0 radical (unpaired) electrons. The average Bonchev–Trinajstić information content (AvgIpc) is 2.24. The molecule has 0 aliphatic carbocycles. The van der Waals surface area contributed by atoms with Crippen molar-refractivity contribution in [2.45, 2.75) is 17.7 Å². The molecule has 0 heterocycles. The molecule has 16 heavy (non-hydrogen) atoms. The van der Waals surface area contributed by atoms with Crippen molar-refractivity contribution in [3.05, 3.63) is 29.6 Å². The van der Waals surface area contributed by atoms with Crippen LogP contribution in [0.25, 0.3) is 0 Å². The number of benzene rings is 1. The molecule has 0 amide bonds. The van der Waals surface area contributed by atoms with Gasteiger partial charge >= 0.3 is 0 Å². The molecule has 0 saturated carbocycles. The molecule has 1 rings (SSSR count). The Hall–Kier alpha value is -0.580. The molecule has 0 unspecified atom stereocenters. The van der Waals surface area contributed by atoms with E-state index in [4.69, 9.17) is 10.5 Å². The molecule has 1 aromatic rings. The van der Waals surface area contributed by atoms with E-state index < -0.39 is 0 Å². The van der Waals surface area contributed by atoms with Crippen LogP contribution in [-0.2, 0) is 11.2 Å². The van der Waals surface area contributed by atoms with Gasteiger partial charge in [0, 0.05) is 24.4 Å². The largest absolute Gasteiger partial charge is 0.385 e. The van der Waals surface area contributed by atoms with Crippen LogP contribution in [0, 0.1) is 5.82 Å². The van der Waals surface area contributed by atoms with Gasteiger partial charge in [-0.15, -0.1) is 11.8 Å². The van der Waals surface area contributed by atoms with Crippen LogP contribution in [0.15, 0.2) is 23.1 Å². The van der Waals surface area contributed by atoms with E-state index in [-0.39, 0.29) is 5.82 Å². The zero-order chi connectivity index (χ0) is 11.8. The lowest BCUT2D eigenvalue weighted by atomic mass is 10.1. The van der Waals surface area contributed by atoms with Gasteiger partial charge in [-0.2, -0.15) is 0 Å². The van der Waals surface area contributed by atoms with E-state index in [0.29, 0.717) is 6.54 Å². The van der Waals surface area contributed by atoms with Gasteiger partial charge in [-0.05, 0) is 43.1 Å². The molecule has 0 fully saturated rings. The van der Waals surface area contributed by atoms with Crippen molar-refractivity contribution in [1.29, 1.82) is 0 Å². The van der Waals surface area contributed by atoms with Crippen LogP contribution in [0.4, 0.5) is 4.39 Å². The molecule has 4 heteroatoms. The van der Waals surface area contributed by atoms with Crippen LogP contribution in [-0.4, -0.2) is 26.0 Å². The highest BCUT2D eigenvalue weighted by Gasteiger charge is 2.01. The summed E-state index contributed by atoms with van der Waals surface area (Å²) in [4.78, 5) is 0.972. The van der Waals surface area contributed by atoms with Gasteiger partial charge in [0.25, 0.3) is 0 Å². The normalized spacial score (nSPS) is 10.7. The first-order valence-corrected chi connectivity index (χ1v) is 6.36. The first kappa shape index (κ1) is 13.5. The quantitative estimate of drug-likeness (QED) is 0.590. The summed E-state index contributed by atoms with van der Waals surface area (Å²) in [6, 6.07) is 5.12. The Labute approximate surface area is 100 Å². The summed E-state index contributed by atoms with van der Waals surface area (Å²) in [6.07, 6.45) is 1.70. The van der Waals surface area contributed by atoms with Crippen LogP contribution in [0.5, 0.6) is 0 Å². The summed E-state index contributed by atoms with van der Waals surface area (Å²) in [6.45, 7) is 1.30. The molecular weight excluding hydrogens is 225 g/mol. The highest BCUT2D eigenvalue weighted by Crippen LogP contribution is 2.21. The van der Waals surface area contributed by atoms with Gasteiger partial charge in [0.2, 0.25) is 0 Å². The molecule has 90 valence electrons.